The third-order valence-electron chi connectivity index (χ3n) is 2.07. The summed E-state index contributed by atoms with van der Waals surface area (Å²) in [7, 11) is 0. The maximum absolute atomic E-state index is 13.6. The topological polar surface area (TPSA) is 61.6 Å². The van der Waals surface area contributed by atoms with Crippen LogP contribution in [0.15, 0.2) is 24.4 Å². The molecule has 0 aliphatic rings. The van der Waals surface area contributed by atoms with E-state index in [1.807, 2.05) is 6.07 Å². The zero-order chi connectivity index (χ0) is 13.1. The molecule has 0 aliphatic heterocycles. The molecule has 4 nitrogen and oxygen atoms in total. The van der Waals surface area contributed by atoms with Crippen LogP contribution in [0.1, 0.15) is 5.56 Å². The standard InChI is InChI=1S/C11H5Cl2FN4/c12-7-5-16-11(13)18-10(7)17-9-2-1-6(4-15)3-8(9)14/h1-3,5H,(H,16,17,18). The number of halogens is 3. The van der Waals surface area contributed by atoms with Crippen molar-refractivity contribution in [3.63, 3.8) is 0 Å². The molecule has 2 rings (SSSR count). The van der Waals surface area contributed by atoms with Crippen LogP contribution in [0.2, 0.25) is 10.3 Å². The van der Waals surface area contributed by atoms with E-state index in [1.54, 1.807) is 0 Å². The van der Waals surface area contributed by atoms with Gasteiger partial charge in [-0.25, -0.2) is 9.37 Å². The summed E-state index contributed by atoms with van der Waals surface area (Å²) < 4.78 is 13.6. The molecule has 0 aliphatic carbocycles. The molecule has 0 saturated heterocycles. The molecule has 1 N–H and O–H groups in total. The SMILES string of the molecule is N#Cc1ccc(Nc2nc(Cl)ncc2Cl)c(F)c1. The average molecular weight is 283 g/mol. The Morgan fingerprint density at radius 3 is 2.78 bits per heavy atom. The molecule has 1 aromatic heterocycles. The van der Waals surface area contributed by atoms with E-state index in [4.69, 9.17) is 28.5 Å². The molecule has 0 radical (unpaired) electrons. The highest BCUT2D eigenvalue weighted by Crippen LogP contribution is 2.25. The monoisotopic (exact) mass is 282 g/mol. The molecule has 0 spiro atoms. The molecule has 0 bridgehead atoms. The first-order valence-corrected chi connectivity index (χ1v) is 5.50. The Bertz CT molecular complexity index is 639. The van der Waals surface area contributed by atoms with E-state index in [1.165, 1.54) is 18.3 Å². The number of nitrogens with one attached hydrogen (secondary N) is 1. The quantitative estimate of drug-likeness (QED) is 0.856. The Morgan fingerprint density at radius 2 is 2.11 bits per heavy atom. The van der Waals surface area contributed by atoms with Gasteiger partial charge in [0.1, 0.15) is 10.8 Å². The lowest BCUT2D eigenvalue weighted by atomic mass is 10.2. The minimum atomic E-state index is -0.583. The number of hydrogen-bond donors (Lipinski definition) is 1. The van der Waals surface area contributed by atoms with Crippen molar-refractivity contribution in [2.24, 2.45) is 0 Å². The largest absolute Gasteiger partial charge is 0.336 e. The summed E-state index contributed by atoms with van der Waals surface area (Å²) >= 11 is 11.4. The summed E-state index contributed by atoms with van der Waals surface area (Å²) in [6.07, 6.45) is 1.31. The number of rotatable bonds is 2. The summed E-state index contributed by atoms with van der Waals surface area (Å²) in [5, 5.41) is 11.5. The van der Waals surface area contributed by atoms with E-state index >= 15 is 0 Å². The van der Waals surface area contributed by atoms with Crippen molar-refractivity contribution in [2.75, 3.05) is 5.32 Å². The van der Waals surface area contributed by atoms with Crippen LogP contribution in [-0.2, 0) is 0 Å². The fourth-order valence-corrected chi connectivity index (χ4v) is 1.52. The molecule has 0 unspecified atom stereocenters. The van der Waals surface area contributed by atoms with Gasteiger partial charge in [0.15, 0.2) is 5.82 Å². The summed E-state index contributed by atoms with van der Waals surface area (Å²) in [6.45, 7) is 0. The third-order valence-corrected chi connectivity index (χ3v) is 2.52. The Hall–Kier alpha value is -1.90. The Balaban J connectivity index is 2.34. The van der Waals surface area contributed by atoms with Crippen molar-refractivity contribution in [3.05, 3.63) is 46.1 Å². The number of aromatic nitrogens is 2. The molecule has 1 aromatic carbocycles. The number of nitrogens with zero attached hydrogens (tertiary/aromatic N) is 3. The van der Waals surface area contributed by atoms with Gasteiger partial charge in [0.05, 0.1) is 23.5 Å². The van der Waals surface area contributed by atoms with Crippen LogP contribution in [0.25, 0.3) is 0 Å². The summed E-state index contributed by atoms with van der Waals surface area (Å²) in [4.78, 5) is 7.51. The lowest BCUT2D eigenvalue weighted by molar-refractivity contribution is 0.631. The van der Waals surface area contributed by atoms with E-state index in [0.717, 1.165) is 6.07 Å². The van der Waals surface area contributed by atoms with Gasteiger partial charge in [-0.3, -0.25) is 0 Å². The maximum Gasteiger partial charge on any atom is 0.224 e. The van der Waals surface area contributed by atoms with Gasteiger partial charge in [-0.1, -0.05) is 11.6 Å². The average Bonchev–Trinajstić information content (AvgIpc) is 2.36. The first-order chi connectivity index (χ1) is 8.60. The molecule has 0 atom stereocenters. The summed E-state index contributed by atoms with van der Waals surface area (Å²) in [5.41, 5.74) is 0.371. The lowest BCUT2D eigenvalue weighted by Crippen LogP contribution is -1.98. The van der Waals surface area contributed by atoms with E-state index in [9.17, 15) is 4.39 Å². The van der Waals surface area contributed by atoms with Gasteiger partial charge >= 0.3 is 0 Å². The molecular formula is C11H5Cl2FN4. The maximum atomic E-state index is 13.6. The second-order valence-corrected chi connectivity index (χ2v) is 4.01. The molecule has 0 fully saturated rings. The molecule has 7 heteroatoms. The highest BCUT2D eigenvalue weighted by atomic mass is 35.5. The predicted octanol–water partition coefficient (Wildman–Crippen LogP) is 3.54. The highest BCUT2D eigenvalue weighted by molar-refractivity contribution is 6.33. The smallest absolute Gasteiger partial charge is 0.224 e. The highest BCUT2D eigenvalue weighted by Gasteiger charge is 2.08. The number of nitriles is 1. The van der Waals surface area contributed by atoms with Crippen LogP contribution >= 0.6 is 23.2 Å². The van der Waals surface area contributed by atoms with Crippen molar-refractivity contribution in [2.45, 2.75) is 0 Å². The Labute approximate surface area is 112 Å². The van der Waals surface area contributed by atoms with Gasteiger partial charge in [0.25, 0.3) is 0 Å². The summed E-state index contributed by atoms with van der Waals surface area (Å²) in [5.74, 6) is -0.389. The van der Waals surface area contributed by atoms with Crippen molar-refractivity contribution < 1.29 is 4.39 Å². The molecule has 0 saturated carbocycles. The van der Waals surface area contributed by atoms with Crippen molar-refractivity contribution >= 4 is 34.7 Å². The van der Waals surface area contributed by atoms with Gasteiger partial charge in [0, 0.05) is 0 Å². The second kappa shape index (κ2) is 5.17. The van der Waals surface area contributed by atoms with E-state index in [2.05, 4.69) is 15.3 Å². The van der Waals surface area contributed by atoms with Crippen LogP contribution in [0.4, 0.5) is 15.9 Å². The predicted molar refractivity (Wildman–Crippen MR) is 66.4 cm³/mol. The Kier molecular flexibility index (Phi) is 3.60. The molecule has 18 heavy (non-hydrogen) atoms. The van der Waals surface area contributed by atoms with Gasteiger partial charge < -0.3 is 5.32 Å². The van der Waals surface area contributed by atoms with Gasteiger partial charge in [-0.15, -0.1) is 0 Å². The molecular weight excluding hydrogens is 278 g/mol. The van der Waals surface area contributed by atoms with Crippen molar-refractivity contribution in [3.8, 4) is 6.07 Å². The van der Waals surface area contributed by atoms with Crippen LogP contribution in [0, 0.1) is 17.1 Å². The number of hydrogen-bond acceptors (Lipinski definition) is 4. The van der Waals surface area contributed by atoms with Gasteiger partial charge in [-0.2, -0.15) is 10.2 Å². The first kappa shape index (κ1) is 12.6. The molecule has 90 valence electrons. The fourth-order valence-electron chi connectivity index (χ4n) is 1.25. The zero-order valence-electron chi connectivity index (χ0n) is 8.78. The van der Waals surface area contributed by atoms with Gasteiger partial charge in [-0.05, 0) is 29.8 Å². The number of anilines is 2. The minimum absolute atomic E-state index is 0.00375. The van der Waals surface area contributed by atoms with Crippen molar-refractivity contribution in [1.82, 2.24) is 9.97 Å². The van der Waals surface area contributed by atoms with Crippen LogP contribution in [-0.4, -0.2) is 9.97 Å². The first-order valence-electron chi connectivity index (χ1n) is 4.75. The third kappa shape index (κ3) is 2.67. The zero-order valence-corrected chi connectivity index (χ0v) is 10.3. The molecule has 0 amide bonds. The van der Waals surface area contributed by atoms with Gasteiger partial charge in [0.2, 0.25) is 5.28 Å². The summed E-state index contributed by atoms with van der Waals surface area (Å²) in [6, 6.07) is 5.84. The number of benzene rings is 1. The van der Waals surface area contributed by atoms with Crippen LogP contribution < -0.4 is 5.32 Å². The molecule has 2 aromatic rings. The fraction of sp³-hybridized carbons (Fsp3) is 0. The van der Waals surface area contributed by atoms with E-state index in [0.29, 0.717) is 0 Å². The van der Waals surface area contributed by atoms with E-state index < -0.39 is 5.82 Å². The lowest BCUT2D eigenvalue weighted by Gasteiger charge is -2.08. The normalized spacial score (nSPS) is 9.89. The van der Waals surface area contributed by atoms with Crippen LogP contribution in [0.3, 0.4) is 0 Å². The van der Waals surface area contributed by atoms with Crippen LogP contribution in [0.5, 0.6) is 0 Å². The molecule has 1 heterocycles. The second-order valence-electron chi connectivity index (χ2n) is 3.27. The van der Waals surface area contributed by atoms with E-state index in [-0.39, 0.29) is 27.4 Å². The minimum Gasteiger partial charge on any atom is -0.336 e. The van der Waals surface area contributed by atoms with Crippen molar-refractivity contribution in [1.29, 1.82) is 5.26 Å². The Morgan fingerprint density at radius 1 is 1.33 bits per heavy atom.